The summed E-state index contributed by atoms with van der Waals surface area (Å²) in [4.78, 5) is 16.1. The van der Waals surface area contributed by atoms with E-state index in [1.54, 1.807) is 19.5 Å². The van der Waals surface area contributed by atoms with E-state index in [-0.39, 0.29) is 5.91 Å². The summed E-state index contributed by atoms with van der Waals surface area (Å²) in [5.41, 5.74) is 4.12. The lowest BCUT2D eigenvalue weighted by atomic mass is 10.0. The highest BCUT2D eigenvalue weighted by Crippen LogP contribution is 2.24. The number of amides is 1. The largest absolute Gasteiger partial charge is 0.496 e. The molecule has 2 aromatic rings. The molecule has 0 aliphatic carbocycles. The number of ether oxygens (including phenoxy) is 1. The van der Waals surface area contributed by atoms with Gasteiger partial charge in [-0.15, -0.1) is 0 Å². The van der Waals surface area contributed by atoms with Crippen molar-refractivity contribution in [2.45, 2.75) is 26.8 Å². The van der Waals surface area contributed by atoms with Crippen LogP contribution in [0.25, 0.3) is 0 Å². The molecule has 110 valence electrons. The molecule has 0 bridgehead atoms. The smallest absolute Gasteiger partial charge is 0.224 e. The van der Waals surface area contributed by atoms with Crippen LogP contribution in [0.2, 0.25) is 0 Å². The summed E-state index contributed by atoms with van der Waals surface area (Å²) < 4.78 is 5.38. The number of benzene rings is 1. The molecule has 1 amide bonds. The summed E-state index contributed by atoms with van der Waals surface area (Å²) in [6, 6.07) is 7.81. The number of carbonyl (C=O) groups is 1. The summed E-state index contributed by atoms with van der Waals surface area (Å²) in [7, 11) is 1.63. The molecule has 1 N–H and O–H groups in total. The van der Waals surface area contributed by atoms with Crippen molar-refractivity contribution in [1.29, 1.82) is 0 Å². The van der Waals surface area contributed by atoms with Gasteiger partial charge in [0.1, 0.15) is 5.75 Å². The average Bonchev–Trinajstić information content (AvgIpc) is 2.48. The molecule has 1 aromatic carbocycles. The van der Waals surface area contributed by atoms with Gasteiger partial charge in [0.15, 0.2) is 0 Å². The van der Waals surface area contributed by atoms with Crippen molar-refractivity contribution in [3.8, 4) is 5.75 Å². The van der Waals surface area contributed by atoms with E-state index in [2.05, 4.69) is 16.4 Å². The molecule has 0 unspecified atom stereocenters. The third-order valence-corrected chi connectivity index (χ3v) is 3.35. The van der Waals surface area contributed by atoms with Gasteiger partial charge in [0.05, 0.1) is 13.5 Å². The average molecular weight is 284 g/mol. The molecule has 2 rings (SSSR count). The molecule has 0 atom stereocenters. The molecule has 4 nitrogen and oxygen atoms in total. The van der Waals surface area contributed by atoms with Crippen molar-refractivity contribution in [1.82, 2.24) is 10.3 Å². The molecule has 21 heavy (non-hydrogen) atoms. The highest BCUT2D eigenvalue weighted by Gasteiger charge is 2.12. The van der Waals surface area contributed by atoms with Crippen LogP contribution in [-0.4, -0.2) is 18.0 Å². The quantitative estimate of drug-likeness (QED) is 0.918. The van der Waals surface area contributed by atoms with Crippen molar-refractivity contribution in [3.05, 3.63) is 58.9 Å². The highest BCUT2D eigenvalue weighted by atomic mass is 16.5. The number of hydrogen-bond donors (Lipinski definition) is 1. The van der Waals surface area contributed by atoms with Gasteiger partial charge in [-0.25, -0.2) is 0 Å². The number of aryl methyl sites for hydroxylation is 2. The Kier molecular flexibility index (Phi) is 4.93. The maximum atomic E-state index is 12.1. The molecule has 4 heteroatoms. The van der Waals surface area contributed by atoms with Crippen molar-refractivity contribution < 1.29 is 9.53 Å². The maximum Gasteiger partial charge on any atom is 0.224 e. The zero-order valence-corrected chi connectivity index (χ0v) is 12.6. The molecule has 1 heterocycles. The summed E-state index contributed by atoms with van der Waals surface area (Å²) in [5.74, 6) is 0.744. The van der Waals surface area contributed by atoms with Crippen molar-refractivity contribution >= 4 is 5.91 Å². The van der Waals surface area contributed by atoms with Crippen molar-refractivity contribution in [2.24, 2.45) is 0 Å². The van der Waals surface area contributed by atoms with Crippen molar-refractivity contribution in [2.75, 3.05) is 7.11 Å². The Morgan fingerprint density at radius 3 is 2.81 bits per heavy atom. The Balaban J connectivity index is 2.03. The van der Waals surface area contributed by atoms with Crippen LogP contribution in [0.3, 0.4) is 0 Å². The first-order valence-electron chi connectivity index (χ1n) is 6.90. The number of carbonyl (C=O) groups excluding carboxylic acids is 1. The Morgan fingerprint density at radius 2 is 2.14 bits per heavy atom. The topological polar surface area (TPSA) is 51.2 Å². The first kappa shape index (κ1) is 15.0. The predicted molar refractivity (Wildman–Crippen MR) is 82.3 cm³/mol. The van der Waals surface area contributed by atoms with Crippen LogP contribution in [0.4, 0.5) is 0 Å². The molecular weight excluding hydrogens is 264 g/mol. The summed E-state index contributed by atoms with van der Waals surface area (Å²) in [6.45, 7) is 4.50. The van der Waals surface area contributed by atoms with Gasteiger partial charge < -0.3 is 10.1 Å². The molecule has 0 radical (unpaired) electrons. The number of nitrogens with zero attached hydrogens (tertiary/aromatic N) is 1. The Bertz CT molecular complexity index is 624. The van der Waals surface area contributed by atoms with Gasteiger partial charge in [0.2, 0.25) is 5.91 Å². The fraction of sp³-hybridized carbons (Fsp3) is 0.294. The lowest BCUT2D eigenvalue weighted by Crippen LogP contribution is -2.25. The van der Waals surface area contributed by atoms with Crippen LogP contribution in [-0.2, 0) is 17.8 Å². The van der Waals surface area contributed by atoms with E-state index in [1.165, 1.54) is 0 Å². The number of methoxy groups -OCH3 is 1. The fourth-order valence-electron chi connectivity index (χ4n) is 2.29. The molecule has 0 saturated heterocycles. The Labute approximate surface area is 125 Å². The van der Waals surface area contributed by atoms with Crippen LogP contribution in [0.5, 0.6) is 5.75 Å². The number of pyridine rings is 1. The van der Waals surface area contributed by atoms with Crippen LogP contribution in [0.15, 0.2) is 36.7 Å². The second-order valence-corrected chi connectivity index (χ2v) is 5.08. The van der Waals surface area contributed by atoms with E-state index in [9.17, 15) is 4.79 Å². The fourth-order valence-corrected chi connectivity index (χ4v) is 2.29. The van der Waals surface area contributed by atoms with Gasteiger partial charge in [-0.1, -0.05) is 12.1 Å². The monoisotopic (exact) mass is 284 g/mol. The molecule has 0 spiro atoms. The lowest BCUT2D eigenvalue weighted by Gasteiger charge is -2.13. The number of rotatable bonds is 5. The standard InChI is InChI=1S/C17H20N2O2/c1-12-7-13(2)15(16(8-12)21-3)9-17(20)19-11-14-5-4-6-18-10-14/h4-8,10H,9,11H2,1-3H3,(H,19,20). The first-order valence-corrected chi connectivity index (χ1v) is 6.90. The third-order valence-electron chi connectivity index (χ3n) is 3.35. The van der Waals surface area contributed by atoms with E-state index in [0.717, 1.165) is 28.0 Å². The molecular formula is C17H20N2O2. The number of hydrogen-bond acceptors (Lipinski definition) is 3. The summed E-state index contributed by atoms with van der Waals surface area (Å²) in [5, 5.41) is 2.91. The molecule has 1 aromatic heterocycles. The van der Waals surface area contributed by atoms with Crippen molar-refractivity contribution in [3.63, 3.8) is 0 Å². The predicted octanol–water partition coefficient (Wildman–Crippen LogP) is 2.57. The molecule has 0 aliphatic rings. The summed E-state index contributed by atoms with van der Waals surface area (Å²) >= 11 is 0. The van der Waals surface area contributed by atoms with E-state index in [4.69, 9.17) is 4.74 Å². The highest BCUT2D eigenvalue weighted by molar-refractivity contribution is 5.79. The minimum atomic E-state index is -0.0240. The molecule has 0 saturated carbocycles. The minimum absolute atomic E-state index is 0.0240. The maximum absolute atomic E-state index is 12.1. The normalized spacial score (nSPS) is 10.2. The molecule has 0 fully saturated rings. The third kappa shape index (κ3) is 4.05. The SMILES string of the molecule is COc1cc(C)cc(C)c1CC(=O)NCc1cccnc1. The second kappa shape index (κ2) is 6.88. The minimum Gasteiger partial charge on any atom is -0.496 e. The first-order chi connectivity index (χ1) is 10.1. The van der Waals surface area contributed by atoms with Gasteiger partial charge in [-0.05, 0) is 42.7 Å². The number of nitrogens with one attached hydrogen (secondary N) is 1. The molecule has 0 aliphatic heterocycles. The van der Waals surface area contributed by atoms with Crippen LogP contribution in [0, 0.1) is 13.8 Å². The van der Waals surface area contributed by atoms with E-state index in [1.807, 2.05) is 32.0 Å². The van der Waals surface area contributed by atoms with E-state index >= 15 is 0 Å². The summed E-state index contributed by atoms with van der Waals surface area (Å²) in [6.07, 6.45) is 3.78. The van der Waals surface area contributed by atoms with Crippen LogP contribution < -0.4 is 10.1 Å². The van der Waals surface area contributed by atoms with Gasteiger partial charge >= 0.3 is 0 Å². The Hall–Kier alpha value is -2.36. The second-order valence-electron chi connectivity index (χ2n) is 5.08. The number of aromatic nitrogens is 1. The van der Waals surface area contributed by atoms with Gasteiger partial charge in [0.25, 0.3) is 0 Å². The zero-order valence-electron chi connectivity index (χ0n) is 12.6. The Morgan fingerprint density at radius 1 is 1.33 bits per heavy atom. The van der Waals surface area contributed by atoms with Crippen LogP contribution >= 0.6 is 0 Å². The van der Waals surface area contributed by atoms with E-state index in [0.29, 0.717) is 13.0 Å². The van der Waals surface area contributed by atoms with Crippen LogP contribution in [0.1, 0.15) is 22.3 Å². The van der Waals surface area contributed by atoms with E-state index < -0.39 is 0 Å². The lowest BCUT2D eigenvalue weighted by molar-refractivity contribution is -0.120. The van der Waals surface area contributed by atoms with Gasteiger partial charge in [-0.2, -0.15) is 0 Å². The zero-order chi connectivity index (χ0) is 15.2. The van der Waals surface area contributed by atoms with Gasteiger partial charge in [0, 0.05) is 24.5 Å². The van der Waals surface area contributed by atoms with Gasteiger partial charge in [-0.3, -0.25) is 9.78 Å².